The lowest BCUT2D eigenvalue weighted by Gasteiger charge is -2.11. The van der Waals surface area contributed by atoms with Crippen LogP contribution < -0.4 is 10.6 Å². The first-order valence-electron chi connectivity index (χ1n) is 7.36. The first-order valence-corrected chi connectivity index (χ1v) is 8.18. The van der Waals surface area contributed by atoms with Gasteiger partial charge in [0.15, 0.2) is 6.61 Å². The van der Waals surface area contributed by atoms with E-state index in [4.69, 9.17) is 4.74 Å². The molecule has 2 rings (SSSR count). The van der Waals surface area contributed by atoms with Gasteiger partial charge in [0.1, 0.15) is 10.7 Å². The average molecular weight is 352 g/mol. The summed E-state index contributed by atoms with van der Waals surface area (Å²) in [5.74, 6) is -1.91. The number of esters is 1. The van der Waals surface area contributed by atoms with Crippen molar-refractivity contribution in [1.29, 1.82) is 0 Å². The van der Waals surface area contributed by atoms with Crippen LogP contribution >= 0.6 is 11.3 Å². The van der Waals surface area contributed by atoms with Gasteiger partial charge in [0, 0.05) is 16.1 Å². The van der Waals surface area contributed by atoms with E-state index in [0.717, 1.165) is 17.8 Å². The van der Waals surface area contributed by atoms with Crippen LogP contribution in [0, 0.1) is 5.82 Å². The van der Waals surface area contributed by atoms with E-state index in [1.165, 1.54) is 12.1 Å². The van der Waals surface area contributed by atoms with Gasteiger partial charge in [-0.2, -0.15) is 0 Å². The lowest BCUT2D eigenvalue weighted by molar-refractivity contribution is -0.123. The van der Waals surface area contributed by atoms with E-state index in [2.05, 4.69) is 10.6 Å². The molecule has 3 amide bonds. The minimum atomic E-state index is -0.743. The van der Waals surface area contributed by atoms with Crippen molar-refractivity contribution in [2.75, 3.05) is 6.61 Å². The number of halogens is 1. The smallest absolute Gasteiger partial charge is 0.348 e. The fourth-order valence-corrected chi connectivity index (χ4v) is 2.82. The maximum Gasteiger partial charge on any atom is 0.348 e. The molecule has 0 aliphatic rings. The van der Waals surface area contributed by atoms with Gasteiger partial charge in [-0.25, -0.2) is 14.0 Å². The summed E-state index contributed by atoms with van der Waals surface area (Å²) in [6, 6.07) is 5.19. The quantitative estimate of drug-likeness (QED) is 0.811. The van der Waals surface area contributed by atoms with E-state index < -0.39 is 30.3 Å². The minimum absolute atomic E-state index is 0.0752. The third-order valence-corrected chi connectivity index (χ3v) is 4.37. The Kier molecular flexibility index (Phi) is 5.86. The van der Waals surface area contributed by atoms with Gasteiger partial charge in [0.05, 0.1) is 0 Å². The van der Waals surface area contributed by atoms with Crippen molar-refractivity contribution in [3.8, 4) is 0 Å². The van der Waals surface area contributed by atoms with Crippen molar-refractivity contribution in [2.45, 2.75) is 26.3 Å². The number of imide groups is 1. The highest BCUT2D eigenvalue weighted by molar-refractivity contribution is 7.20. The van der Waals surface area contributed by atoms with Crippen molar-refractivity contribution in [2.24, 2.45) is 0 Å². The van der Waals surface area contributed by atoms with E-state index >= 15 is 0 Å². The number of rotatable bonds is 5. The van der Waals surface area contributed by atoms with Gasteiger partial charge in [0.2, 0.25) is 0 Å². The number of hydrogen-bond donors (Lipinski definition) is 2. The van der Waals surface area contributed by atoms with Crippen LogP contribution in [-0.2, 0) is 9.53 Å². The molecule has 1 aromatic carbocycles. The second kappa shape index (κ2) is 7.87. The number of carbonyl (C=O) groups is 3. The van der Waals surface area contributed by atoms with Crippen molar-refractivity contribution in [1.82, 2.24) is 10.6 Å². The van der Waals surface area contributed by atoms with Gasteiger partial charge < -0.3 is 10.1 Å². The maximum absolute atomic E-state index is 13.6. The Bertz CT molecular complexity index is 775. The lowest BCUT2D eigenvalue weighted by Crippen LogP contribution is -2.44. The number of fused-ring (bicyclic) bond motifs is 1. The number of benzene rings is 1. The van der Waals surface area contributed by atoms with E-state index in [1.54, 1.807) is 19.1 Å². The highest BCUT2D eigenvalue weighted by Gasteiger charge is 2.16. The zero-order valence-corrected chi connectivity index (χ0v) is 14.0. The fraction of sp³-hybridized carbons (Fsp3) is 0.312. The minimum Gasteiger partial charge on any atom is -0.451 e. The van der Waals surface area contributed by atoms with Crippen LogP contribution in [0.3, 0.4) is 0 Å². The van der Waals surface area contributed by atoms with Crippen LogP contribution in [-0.4, -0.2) is 30.6 Å². The summed E-state index contributed by atoms with van der Waals surface area (Å²) in [5, 5.41) is 4.94. The van der Waals surface area contributed by atoms with Gasteiger partial charge in [-0.3, -0.25) is 10.1 Å². The van der Waals surface area contributed by atoms with E-state index in [1.807, 2.05) is 6.92 Å². The van der Waals surface area contributed by atoms with Crippen LogP contribution in [0.4, 0.5) is 9.18 Å². The third-order valence-electron chi connectivity index (χ3n) is 3.29. The molecule has 1 atom stereocenters. The van der Waals surface area contributed by atoms with Crippen LogP contribution in [0.15, 0.2) is 24.3 Å². The van der Waals surface area contributed by atoms with Gasteiger partial charge >= 0.3 is 12.0 Å². The molecule has 0 unspecified atom stereocenters. The number of urea groups is 1. The average Bonchev–Trinajstić information content (AvgIpc) is 2.98. The van der Waals surface area contributed by atoms with E-state index in [0.29, 0.717) is 10.1 Å². The van der Waals surface area contributed by atoms with Gasteiger partial charge in [-0.15, -0.1) is 11.3 Å². The normalized spacial score (nSPS) is 11.8. The molecule has 0 saturated carbocycles. The summed E-state index contributed by atoms with van der Waals surface area (Å²) in [6.45, 7) is 3.09. The van der Waals surface area contributed by atoms with Gasteiger partial charge in [-0.1, -0.05) is 13.0 Å². The topological polar surface area (TPSA) is 84.5 Å². The molecule has 0 bridgehead atoms. The van der Waals surface area contributed by atoms with Crippen LogP contribution in [0.25, 0.3) is 10.1 Å². The molecular formula is C16H17FN2O4S. The first kappa shape index (κ1) is 17.9. The van der Waals surface area contributed by atoms with Crippen molar-refractivity contribution < 1.29 is 23.5 Å². The molecule has 1 heterocycles. The number of nitrogens with one attached hydrogen (secondary N) is 2. The zero-order valence-electron chi connectivity index (χ0n) is 13.2. The predicted octanol–water partition coefficient (Wildman–Crippen LogP) is 2.82. The highest BCUT2D eigenvalue weighted by atomic mass is 32.1. The van der Waals surface area contributed by atoms with Gasteiger partial charge in [0.25, 0.3) is 5.91 Å². The number of carbonyl (C=O) groups excluding carboxylic acids is 3. The van der Waals surface area contributed by atoms with Crippen molar-refractivity contribution in [3.05, 3.63) is 35.0 Å². The molecule has 0 saturated heterocycles. The first-order chi connectivity index (χ1) is 11.4. The van der Waals surface area contributed by atoms with Crippen LogP contribution in [0.2, 0.25) is 0 Å². The second-order valence-electron chi connectivity index (χ2n) is 5.17. The summed E-state index contributed by atoms with van der Waals surface area (Å²) in [5.41, 5.74) is 0. The Morgan fingerprint density at radius 2 is 2.08 bits per heavy atom. The molecule has 1 aromatic heterocycles. The summed E-state index contributed by atoms with van der Waals surface area (Å²) >= 11 is 1.07. The molecule has 6 nitrogen and oxygen atoms in total. The Morgan fingerprint density at radius 3 is 2.75 bits per heavy atom. The Hall–Kier alpha value is -2.48. The molecule has 0 aliphatic heterocycles. The second-order valence-corrected chi connectivity index (χ2v) is 6.25. The molecule has 2 N–H and O–H groups in total. The molecule has 0 aliphatic carbocycles. The monoisotopic (exact) mass is 352 g/mol. The highest BCUT2D eigenvalue weighted by Crippen LogP contribution is 2.27. The standard InChI is InChI=1S/C16H17FN2O4S/c1-3-9(2)18-16(22)19-14(20)8-23-15(21)13-7-10-11(17)5-4-6-12(10)24-13/h4-7,9H,3,8H2,1-2H3,(H2,18,19,20,22)/t9-/m1/s1. The summed E-state index contributed by atoms with van der Waals surface area (Å²) in [6.07, 6.45) is 0.721. The van der Waals surface area contributed by atoms with Crippen molar-refractivity contribution >= 4 is 39.3 Å². The molecule has 0 spiro atoms. The molecule has 8 heteroatoms. The Balaban J connectivity index is 1.89. The third kappa shape index (κ3) is 4.51. The number of ether oxygens (including phenoxy) is 1. The summed E-state index contributed by atoms with van der Waals surface area (Å²) in [4.78, 5) is 35.2. The van der Waals surface area contributed by atoms with E-state index in [-0.39, 0.29) is 10.9 Å². The Morgan fingerprint density at radius 1 is 1.33 bits per heavy atom. The van der Waals surface area contributed by atoms with Crippen LogP contribution in [0.5, 0.6) is 0 Å². The summed E-state index contributed by atoms with van der Waals surface area (Å²) < 4.78 is 19.1. The number of amides is 3. The van der Waals surface area contributed by atoms with Crippen LogP contribution in [0.1, 0.15) is 29.9 Å². The molecule has 0 fully saturated rings. The fourth-order valence-electron chi connectivity index (χ4n) is 1.85. The molecule has 2 aromatic rings. The number of hydrogen-bond acceptors (Lipinski definition) is 5. The van der Waals surface area contributed by atoms with Gasteiger partial charge in [-0.05, 0) is 31.5 Å². The molecule has 24 heavy (non-hydrogen) atoms. The zero-order chi connectivity index (χ0) is 17.7. The predicted molar refractivity (Wildman–Crippen MR) is 88.5 cm³/mol. The lowest BCUT2D eigenvalue weighted by atomic mass is 10.2. The Labute approximate surface area is 142 Å². The number of thiophene rings is 1. The maximum atomic E-state index is 13.6. The SMILES string of the molecule is CC[C@@H](C)NC(=O)NC(=O)COC(=O)c1cc2c(F)cccc2s1. The largest absolute Gasteiger partial charge is 0.451 e. The molecular weight excluding hydrogens is 335 g/mol. The van der Waals surface area contributed by atoms with Crippen molar-refractivity contribution in [3.63, 3.8) is 0 Å². The van der Waals surface area contributed by atoms with E-state index in [9.17, 15) is 18.8 Å². The summed E-state index contributed by atoms with van der Waals surface area (Å²) in [7, 11) is 0. The molecule has 128 valence electrons. The molecule has 0 radical (unpaired) electrons.